The number of nitrogens with one attached hydrogen (secondary N) is 1. The number of hydrogen-bond donors (Lipinski definition) is 3. The molecule has 1 aliphatic carbocycles. The first-order valence-corrected chi connectivity index (χ1v) is 12.0. The van der Waals surface area contributed by atoms with E-state index in [1.807, 2.05) is 32.9 Å². The molecule has 0 unspecified atom stereocenters. The molecule has 4 rings (SSSR count). The topological polar surface area (TPSA) is 127 Å². The lowest BCUT2D eigenvalue weighted by Gasteiger charge is -2.25. The summed E-state index contributed by atoms with van der Waals surface area (Å²) in [6, 6.07) is 11.5. The van der Waals surface area contributed by atoms with Gasteiger partial charge in [-0.05, 0) is 37.0 Å². The molecule has 0 heterocycles. The highest BCUT2D eigenvalue weighted by Crippen LogP contribution is 2.41. The summed E-state index contributed by atoms with van der Waals surface area (Å²) < 4.78 is 34.1. The SMILES string of the molecule is CCc1cc(C)cc(CC)c1Nc1cc(S(=O)(=O)O)c(N)c2c1C(=O)c1ccccc1C2=O. The van der Waals surface area contributed by atoms with Crippen LogP contribution in [0.2, 0.25) is 0 Å². The maximum Gasteiger partial charge on any atom is 0.296 e. The zero-order valence-corrected chi connectivity index (χ0v) is 19.3. The van der Waals surface area contributed by atoms with Crippen LogP contribution in [0.3, 0.4) is 0 Å². The Morgan fingerprint density at radius 1 is 0.909 bits per heavy atom. The highest BCUT2D eigenvalue weighted by molar-refractivity contribution is 7.86. The molecule has 0 saturated heterocycles. The third kappa shape index (κ3) is 3.71. The standard InChI is InChI=1S/C25H24N2O5S/c1-4-14-10-13(3)11-15(5-2)23(14)27-18-12-19(33(30,31)32)22(26)21-20(18)24(28)16-8-6-7-9-17(16)25(21)29/h6-12,27H,4-5,26H2,1-3H3,(H,30,31,32). The Bertz CT molecular complexity index is 1420. The average Bonchev–Trinajstić information content (AvgIpc) is 2.78. The number of nitrogen functional groups attached to an aromatic ring is 1. The molecule has 7 nitrogen and oxygen atoms in total. The molecule has 0 amide bonds. The molecule has 0 bridgehead atoms. The third-order valence-corrected chi connectivity index (χ3v) is 6.84. The minimum Gasteiger partial charge on any atom is -0.397 e. The Hall–Kier alpha value is -3.49. The van der Waals surface area contributed by atoms with Crippen LogP contribution in [0.15, 0.2) is 47.4 Å². The van der Waals surface area contributed by atoms with Crippen LogP contribution in [0, 0.1) is 6.92 Å². The van der Waals surface area contributed by atoms with Crippen LogP contribution in [0.4, 0.5) is 17.1 Å². The van der Waals surface area contributed by atoms with Gasteiger partial charge in [-0.3, -0.25) is 14.1 Å². The van der Waals surface area contributed by atoms with Gasteiger partial charge in [0, 0.05) is 16.8 Å². The van der Waals surface area contributed by atoms with Crippen LogP contribution in [0.25, 0.3) is 0 Å². The van der Waals surface area contributed by atoms with Crippen LogP contribution in [0.1, 0.15) is 62.4 Å². The van der Waals surface area contributed by atoms with Crippen molar-refractivity contribution in [3.05, 3.63) is 81.4 Å². The van der Waals surface area contributed by atoms with Crippen LogP contribution in [-0.4, -0.2) is 24.5 Å². The second-order valence-electron chi connectivity index (χ2n) is 8.06. The van der Waals surface area contributed by atoms with Gasteiger partial charge in [0.05, 0.1) is 22.5 Å². The van der Waals surface area contributed by atoms with Gasteiger partial charge in [-0.25, -0.2) is 0 Å². The van der Waals surface area contributed by atoms with Crippen molar-refractivity contribution in [1.29, 1.82) is 0 Å². The summed E-state index contributed by atoms with van der Waals surface area (Å²) in [5.74, 6) is -1.01. The molecule has 0 spiro atoms. The first-order chi connectivity index (χ1) is 15.6. The van der Waals surface area contributed by atoms with Crippen molar-refractivity contribution in [1.82, 2.24) is 0 Å². The lowest BCUT2D eigenvalue weighted by molar-refractivity contribution is 0.0980. The summed E-state index contributed by atoms with van der Waals surface area (Å²) in [6.45, 7) is 5.97. The van der Waals surface area contributed by atoms with Gasteiger partial charge in [0.1, 0.15) is 4.90 Å². The maximum absolute atomic E-state index is 13.5. The number of hydrogen-bond acceptors (Lipinski definition) is 6. The lowest BCUT2D eigenvalue weighted by Crippen LogP contribution is -2.25. The summed E-state index contributed by atoms with van der Waals surface area (Å²) in [5, 5.41) is 3.22. The fraction of sp³-hybridized carbons (Fsp3) is 0.200. The summed E-state index contributed by atoms with van der Waals surface area (Å²) in [5.41, 5.74) is 9.60. The molecular formula is C25H24N2O5S. The average molecular weight is 465 g/mol. The van der Waals surface area contributed by atoms with E-state index in [9.17, 15) is 22.6 Å². The number of rotatable bonds is 5. The molecule has 0 aliphatic heterocycles. The molecule has 0 aromatic heterocycles. The van der Waals surface area contributed by atoms with Crippen molar-refractivity contribution in [3.8, 4) is 0 Å². The molecule has 3 aromatic rings. The highest BCUT2D eigenvalue weighted by Gasteiger charge is 2.36. The lowest BCUT2D eigenvalue weighted by atomic mass is 9.82. The Kier molecular flexibility index (Phi) is 5.59. The molecule has 0 fully saturated rings. The number of fused-ring (bicyclic) bond motifs is 2. The van der Waals surface area contributed by atoms with Gasteiger partial charge < -0.3 is 11.1 Å². The van der Waals surface area contributed by atoms with E-state index in [-0.39, 0.29) is 27.9 Å². The van der Waals surface area contributed by atoms with E-state index in [0.717, 1.165) is 28.4 Å². The normalized spacial score (nSPS) is 13.0. The van der Waals surface area contributed by atoms with Gasteiger partial charge in [-0.2, -0.15) is 8.42 Å². The number of carbonyl (C=O) groups is 2. The van der Waals surface area contributed by atoms with Gasteiger partial charge in [0.2, 0.25) is 0 Å². The summed E-state index contributed by atoms with van der Waals surface area (Å²) >= 11 is 0. The summed E-state index contributed by atoms with van der Waals surface area (Å²) in [6.07, 6.45) is 1.38. The van der Waals surface area contributed by atoms with Crippen LogP contribution >= 0.6 is 0 Å². The van der Waals surface area contributed by atoms with Crippen molar-refractivity contribution in [2.75, 3.05) is 11.1 Å². The Morgan fingerprint density at radius 3 is 1.91 bits per heavy atom. The summed E-state index contributed by atoms with van der Waals surface area (Å²) in [7, 11) is -4.77. The van der Waals surface area contributed by atoms with Gasteiger partial charge in [0.25, 0.3) is 10.1 Å². The van der Waals surface area contributed by atoms with E-state index in [1.54, 1.807) is 18.2 Å². The van der Waals surface area contributed by atoms with E-state index in [1.165, 1.54) is 6.07 Å². The summed E-state index contributed by atoms with van der Waals surface area (Å²) in [4.78, 5) is 26.2. The smallest absolute Gasteiger partial charge is 0.296 e. The van der Waals surface area contributed by atoms with Crippen molar-refractivity contribution < 1.29 is 22.6 Å². The van der Waals surface area contributed by atoms with Crippen molar-refractivity contribution >= 4 is 38.7 Å². The van der Waals surface area contributed by atoms with Crippen molar-refractivity contribution in [3.63, 3.8) is 0 Å². The predicted octanol–water partition coefficient (Wildman–Crippen LogP) is 4.47. The third-order valence-electron chi connectivity index (χ3n) is 5.95. The molecule has 0 saturated carbocycles. The van der Waals surface area contributed by atoms with E-state index >= 15 is 0 Å². The molecule has 8 heteroatoms. The van der Waals surface area contributed by atoms with Crippen LogP contribution < -0.4 is 11.1 Å². The molecule has 0 atom stereocenters. The van der Waals surface area contributed by atoms with Gasteiger partial charge in [-0.1, -0.05) is 55.8 Å². The molecule has 33 heavy (non-hydrogen) atoms. The molecular weight excluding hydrogens is 440 g/mol. The quantitative estimate of drug-likeness (QED) is 0.294. The zero-order chi connectivity index (χ0) is 24.1. The Morgan fingerprint density at radius 2 is 1.42 bits per heavy atom. The first-order valence-electron chi connectivity index (χ1n) is 10.6. The minimum atomic E-state index is -4.77. The highest BCUT2D eigenvalue weighted by atomic mass is 32.2. The molecule has 170 valence electrons. The second kappa shape index (κ2) is 8.13. The van der Waals surface area contributed by atoms with E-state index in [4.69, 9.17) is 5.73 Å². The fourth-order valence-corrected chi connectivity index (χ4v) is 5.05. The van der Waals surface area contributed by atoms with Crippen molar-refractivity contribution in [2.24, 2.45) is 0 Å². The Labute approximate surface area is 192 Å². The van der Waals surface area contributed by atoms with Gasteiger partial charge >= 0.3 is 0 Å². The van der Waals surface area contributed by atoms with Gasteiger partial charge in [-0.15, -0.1) is 0 Å². The number of aryl methyl sites for hydroxylation is 3. The largest absolute Gasteiger partial charge is 0.397 e. The number of ketones is 2. The zero-order valence-electron chi connectivity index (χ0n) is 18.5. The molecule has 0 radical (unpaired) electrons. The molecule has 1 aliphatic rings. The van der Waals surface area contributed by atoms with Gasteiger partial charge in [0.15, 0.2) is 11.6 Å². The van der Waals surface area contributed by atoms with E-state index in [2.05, 4.69) is 5.32 Å². The fourth-order valence-electron chi connectivity index (χ4n) is 4.40. The molecule has 4 N–H and O–H groups in total. The Balaban J connectivity index is 2.05. The number of benzene rings is 3. The maximum atomic E-state index is 13.5. The minimum absolute atomic E-state index is 0.00622. The molecule has 3 aromatic carbocycles. The van der Waals surface area contributed by atoms with E-state index < -0.39 is 32.3 Å². The monoisotopic (exact) mass is 464 g/mol. The second-order valence-corrected chi connectivity index (χ2v) is 9.45. The first kappa shape index (κ1) is 22.7. The van der Waals surface area contributed by atoms with Crippen LogP contribution in [0.5, 0.6) is 0 Å². The van der Waals surface area contributed by atoms with E-state index in [0.29, 0.717) is 12.8 Å². The van der Waals surface area contributed by atoms with Crippen LogP contribution in [-0.2, 0) is 23.0 Å². The number of nitrogens with two attached hydrogens (primary N) is 1. The number of anilines is 3. The van der Waals surface area contributed by atoms with Crippen molar-refractivity contribution in [2.45, 2.75) is 38.5 Å². The predicted molar refractivity (Wildman–Crippen MR) is 127 cm³/mol. The number of carbonyl (C=O) groups excluding carboxylic acids is 2.